The SMILES string of the molecule is CCCCCCCCCCCCc1ccccc1S(=O)(=O)O.CCCCOC(=O)C(N)CCCC. The van der Waals surface area contributed by atoms with Crippen molar-refractivity contribution in [2.24, 2.45) is 5.73 Å². The fourth-order valence-corrected chi connectivity index (χ4v) is 4.48. The van der Waals surface area contributed by atoms with E-state index in [0.29, 0.717) is 13.0 Å². The predicted molar refractivity (Wildman–Crippen MR) is 145 cm³/mol. The van der Waals surface area contributed by atoms with Gasteiger partial charge in [0.1, 0.15) is 6.04 Å². The first-order valence-electron chi connectivity index (χ1n) is 13.7. The molecule has 0 spiro atoms. The first kappa shape index (κ1) is 33.6. The van der Waals surface area contributed by atoms with E-state index in [-0.39, 0.29) is 10.9 Å². The zero-order chi connectivity index (χ0) is 26.4. The van der Waals surface area contributed by atoms with Crippen LogP contribution in [0.5, 0.6) is 0 Å². The lowest BCUT2D eigenvalue weighted by atomic mass is 10.0. The van der Waals surface area contributed by atoms with E-state index in [1.807, 2.05) is 6.07 Å². The Morgan fingerprint density at radius 2 is 1.34 bits per heavy atom. The zero-order valence-corrected chi connectivity index (χ0v) is 23.3. The molecule has 1 aromatic rings. The van der Waals surface area contributed by atoms with E-state index >= 15 is 0 Å². The maximum absolute atomic E-state index is 11.3. The molecule has 0 aliphatic rings. The lowest BCUT2D eigenvalue weighted by Crippen LogP contribution is -2.32. The van der Waals surface area contributed by atoms with Crippen molar-refractivity contribution in [1.29, 1.82) is 0 Å². The Hall–Kier alpha value is -1.44. The van der Waals surface area contributed by atoms with Crippen LogP contribution in [0.3, 0.4) is 0 Å². The molecule has 3 N–H and O–H groups in total. The van der Waals surface area contributed by atoms with Crippen molar-refractivity contribution in [3.8, 4) is 0 Å². The van der Waals surface area contributed by atoms with E-state index in [0.717, 1.165) is 50.5 Å². The van der Waals surface area contributed by atoms with Gasteiger partial charge in [0, 0.05) is 0 Å². The smallest absolute Gasteiger partial charge is 0.322 e. The molecular weight excluding hydrogens is 462 g/mol. The molecule has 6 nitrogen and oxygen atoms in total. The maximum atomic E-state index is 11.3. The summed E-state index contributed by atoms with van der Waals surface area (Å²) in [4.78, 5) is 11.2. The molecule has 1 unspecified atom stereocenters. The third-order valence-electron chi connectivity index (χ3n) is 5.96. The molecular formula is C28H51NO5S. The van der Waals surface area contributed by atoms with Crippen LogP contribution in [-0.2, 0) is 26.1 Å². The second-order valence-electron chi connectivity index (χ2n) is 9.28. The number of hydrogen-bond donors (Lipinski definition) is 2. The third kappa shape index (κ3) is 18.5. The summed E-state index contributed by atoms with van der Waals surface area (Å²) in [5.74, 6) is -0.248. The second kappa shape index (κ2) is 21.8. The number of hydrogen-bond acceptors (Lipinski definition) is 5. The average molecular weight is 514 g/mol. The molecule has 1 atom stereocenters. The minimum absolute atomic E-state index is 0.0610. The van der Waals surface area contributed by atoms with Gasteiger partial charge in [0.25, 0.3) is 10.1 Å². The minimum atomic E-state index is -4.10. The first-order chi connectivity index (χ1) is 16.8. The summed E-state index contributed by atoms with van der Waals surface area (Å²) in [5.41, 5.74) is 6.34. The van der Waals surface area contributed by atoms with Gasteiger partial charge in [-0.15, -0.1) is 0 Å². The number of unbranched alkanes of at least 4 members (excludes halogenated alkanes) is 11. The molecule has 35 heavy (non-hydrogen) atoms. The van der Waals surface area contributed by atoms with Gasteiger partial charge in [-0.05, 0) is 37.3 Å². The average Bonchev–Trinajstić information content (AvgIpc) is 2.83. The monoisotopic (exact) mass is 513 g/mol. The van der Waals surface area contributed by atoms with Gasteiger partial charge in [-0.1, -0.05) is 116 Å². The van der Waals surface area contributed by atoms with Gasteiger partial charge in [0.05, 0.1) is 11.5 Å². The van der Waals surface area contributed by atoms with E-state index < -0.39 is 16.2 Å². The molecule has 0 amide bonds. The number of ether oxygens (including phenoxy) is 1. The van der Waals surface area contributed by atoms with Crippen LogP contribution in [0.1, 0.15) is 123 Å². The van der Waals surface area contributed by atoms with Crippen molar-refractivity contribution >= 4 is 16.1 Å². The van der Waals surface area contributed by atoms with Crippen molar-refractivity contribution in [2.75, 3.05) is 6.61 Å². The quantitative estimate of drug-likeness (QED) is 0.115. The normalized spacial score (nSPS) is 12.0. The van der Waals surface area contributed by atoms with Crippen molar-refractivity contribution in [3.05, 3.63) is 29.8 Å². The maximum Gasteiger partial charge on any atom is 0.322 e. The van der Waals surface area contributed by atoms with Gasteiger partial charge in [-0.25, -0.2) is 0 Å². The Bertz CT molecular complexity index is 751. The molecule has 0 saturated heterocycles. The Kier molecular flexibility index (Phi) is 20.9. The molecule has 0 aliphatic carbocycles. The van der Waals surface area contributed by atoms with E-state index in [1.54, 1.807) is 12.1 Å². The highest BCUT2D eigenvalue weighted by atomic mass is 32.2. The fourth-order valence-electron chi connectivity index (χ4n) is 3.73. The van der Waals surface area contributed by atoms with Crippen LogP contribution < -0.4 is 5.73 Å². The van der Waals surface area contributed by atoms with Crippen LogP contribution >= 0.6 is 0 Å². The van der Waals surface area contributed by atoms with Gasteiger partial charge in [-0.3, -0.25) is 9.35 Å². The van der Waals surface area contributed by atoms with Gasteiger partial charge >= 0.3 is 5.97 Å². The van der Waals surface area contributed by atoms with Crippen LogP contribution in [0.2, 0.25) is 0 Å². The lowest BCUT2D eigenvalue weighted by molar-refractivity contribution is -0.145. The summed E-state index contributed by atoms with van der Waals surface area (Å²) in [6.07, 6.45) is 18.1. The van der Waals surface area contributed by atoms with Crippen LogP contribution in [0, 0.1) is 0 Å². The van der Waals surface area contributed by atoms with Gasteiger partial charge < -0.3 is 10.5 Å². The van der Waals surface area contributed by atoms with Gasteiger partial charge in [0.2, 0.25) is 0 Å². The molecule has 204 valence electrons. The lowest BCUT2D eigenvalue weighted by Gasteiger charge is -2.10. The Balaban J connectivity index is 0.000000761. The number of nitrogens with two attached hydrogens (primary N) is 1. The summed E-state index contributed by atoms with van der Waals surface area (Å²) in [7, 11) is -4.10. The molecule has 1 aromatic carbocycles. The van der Waals surface area contributed by atoms with Crippen molar-refractivity contribution in [3.63, 3.8) is 0 Å². The van der Waals surface area contributed by atoms with Crippen molar-refractivity contribution in [2.45, 2.75) is 134 Å². The Labute approximate surface area is 215 Å². The highest BCUT2D eigenvalue weighted by molar-refractivity contribution is 7.85. The summed E-state index contributed by atoms with van der Waals surface area (Å²) in [6.45, 7) is 6.88. The van der Waals surface area contributed by atoms with Crippen LogP contribution in [0.25, 0.3) is 0 Å². The molecule has 7 heteroatoms. The highest BCUT2D eigenvalue weighted by Gasteiger charge is 2.14. The number of rotatable bonds is 19. The highest BCUT2D eigenvalue weighted by Crippen LogP contribution is 2.18. The molecule has 1 rings (SSSR count). The summed E-state index contributed by atoms with van der Waals surface area (Å²) < 4.78 is 36.8. The number of carbonyl (C=O) groups excluding carboxylic acids is 1. The largest absolute Gasteiger partial charge is 0.465 e. The summed E-state index contributed by atoms with van der Waals surface area (Å²) in [6, 6.07) is 6.31. The Morgan fingerprint density at radius 1 is 0.829 bits per heavy atom. The second-order valence-corrected chi connectivity index (χ2v) is 10.7. The Morgan fingerprint density at radius 3 is 1.89 bits per heavy atom. The summed E-state index contributed by atoms with van der Waals surface area (Å²) >= 11 is 0. The van der Waals surface area contributed by atoms with Gasteiger partial charge in [-0.2, -0.15) is 8.42 Å². The van der Waals surface area contributed by atoms with E-state index in [9.17, 15) is 17.8 Å². The minimum Gasteiger partial charge on any atom is -0.465 e. The summed E-state index contributed by atoms with van der Waals surface area (Å²) in [5, 5.41) is 0. The van der Waals surface area contributed by atoms with Crippen LogP contribution in [-0.4, -0.2) is 31.6 Å². The number of carbonyl (C=O) groups is 1. The van der Waals surface area contributed by atoms with Crippen molar-refractivity contribution in [1.82, 2.24) is 0 Å². The number of aryl methyl sites for hydroxylation is 1. The molecule has 0 saturated carbocycles. The molecule has 0 bridgehead atoms. The molecule has 0 fully saturated rings. The van der Waals surface area contributed by atoms with Crippen molar-refractivity contribution < 1.29 is 22.5 Å². The van der Waals surface area contributed by atoms with Crippen LogP contribution in [0.4, 0.5) is 0 Å². The van der Waals surface area contributed by atoms with Gasteiger partial charge in [0.15, 0.2) is 0 Å². The molecule has 0 radical (unpaired) electrons. The zero-order valence-electron chi connectivity index (χ0n) is 22.5. The van der Waals surface area contributed by atoms with E-state index in [2.05, 4.69) is 20.8 Å². The standard InChI is InChI=1S/C18H30O3S.C10H21NO2/c1-2-3-4-5-6-7-8-9-10-11-14-17-15-12-13-16-18(17)22(19,20)21;1-3-5-7-9(11)10(12)13-8-6-4-2/h12-13,15-16H,2-11,14H2,1H3,(H,19,20,21);9H,3-8,11H2,1-2H3. The molecule has 0 heterocycles. The molecule has 0 aromatic heterocycles. The number of esters is 1. The number of benzene rings is 1. The van der Waals surface area contributed by atoms with E-state index in [1.165, 1.54) is 57.4 Å². The first-order valence-corrected chi connectivity index (χ1v) is 15.2. The predicted octanol–water partition coefficient (Wildman–Crippen LogP) is 7.24. The topological polar surface area (TPSA) is 107 Å². The van der Waals surface area contributed by atoms with E-state index in [4.69, 9.17) is 10.5 Å². The third-order valence-corrected chi connectivity index (χ3v) is 6.92. The van der Waals surface area contributed by atoms with Crippen LogP contribution in [0.15, 0.2) is 29.2 Å². The molecule has 0 aliphatic heterocycles. The fraction of sp³-hybridized carbons (Fsp3) is 0.750.